The molecule has 108 valence electrons. The van der Waals surface area contributed by atoms with Gasteiger partial charge in [-0.05, 0) is 35.0 Å². The fraction of sp³-hybridized carbons (Fsp3) is 0. The van der Waals surface area contributed by atoms with Gasteiger partial charge in [-0.1, -0.05) is 42.5 Å². The second-order valence-electron chi connectivity index (χ2n) is 4.89. The van der Waals surface area contributed by atoms with Crippen LogP contribution in [0.3, 0.4) is 0 Å². The van der Waals surface area contributed by atoms with Crippen LogP contribution >= 0.6 is 0 Å². The number of hydrogen-bond acceptors (Lipinski definition) is 3. The molecular weight excluding hydrogens is 274 g/mol. The van der Waals surface area contributed by atoms with Gasteiger partial charge in [-0.25, -0.2) is 5.43 Å². The number of carbonyl (C=O) groups is 1. The largest absolute Gasteiger partial charge is 0.399 e. The first-order chi connectivity index (χ1) is 10.7. The highest BCUT2D eigenvalue weighted by Crippen LogP contribution is 2.16. The van der Waals surface area contributed by atoms with Gasteiger partial charge < -0.3 is 5.73 Å². The van der Waals surface area contributed by atoms with Gasteiger partial charge in [0.2, 0.25) is 0 Å². The van der Waals surface area contributed by atoms with Gasteiger partial charge in [-0.15, -0.1) is 0 Å². The van der Waals surface area contributed by atoms with Crippen molar-refractivity contribution in [3.8, 4) is 0 Å². The maximum absolute atomic E-state index is 11.9. The van der Waals surface area contributed by atoms with Crippen LogP contribution in [0, 0.1) is 0 Å². The monoisotopic (exact) mass is 289 g/mol. The first kappa shape index (κ1) is 13.8. The summed E-state index contributed by atoms with van der Waals surface area (Å²) < 4.78 is 0. The molecule has 0 aromatic heterocycles. The minimum atomic E-state index is -0.267. The van der Waals surface area contributed by atoms with E-state index >= 15 is 0 Å². The van der Waals surface area contributed by atoms with Gasteiger partial charge in [0.15, 0.2) is 0 Å². The number of nitrogens with two attached hydrogens (primary N) is 1. The van der Waals surface area contributed by atoms with Crippen LogP contribution in [0.4, 0.5) is 5.69 Å². The van der Waals surface area contributed by atoms with Crippen molar-refractivity contribution in [2.75, 3.05) is 5.73 Å². The molecule has 0 aliphatic carbocycles. The normalized spacial score (nSPS) is 10.9. The smallest absolute Gasteiger partial charge is 0.271 e. The van der Waals surface area contributed by atoms with E-state index in [1.807, 2.05) is 42.5 Å². The maximum Gasteiger partial charge on any atom is 0.271 e. The molecule has 0 fully saturated rings. The number of benzene rings is 3. The Bertz CT molecular complexity index is 833. The first-order valence-electron chi connectivity index (χ1n) is 6.91. The molecule has 0 atom stereocenters. The number of amides is 1. The predicted octanol–water partition coefficient (Wildman–Crippen LogP) is 3.19. The number of nitrogens with one attached hydrogen (secondary N) is 1. The zero-order valence-corrected chi connectivity index (χ0v) is 11.9. The van der Waals surface area contributed by atoms with Crippen LogP contribution in [0.5, 0.6) is 0 Å². The molecule has 3 N–H and O–H groups in total. The molecule has 0 unspecified atom stereocenters. The van der Waals surface area contributed by atoms with Crippen LogP contribution < -0.4 is 11.2 Å². The van der Waals surface area contributed by atoms with Crippen LogP contribution in [0.1, 0.15) is 15.9 Å². The van der Waals surface area contributed by atoms with Crippen LogP contribution in [-0.2, 0) is 0 Å². The summed E-state index contributed by atoms with van der Waals surface area (Å²) in [7, 11) is 0. The van der Waals surface area contributed by atoms with Crippen molar-refractivity contribution in [3.05, 3.63) is 77.9 Å². The molecule has 3 rings (SSSR count). The lowest BCUT2D eigenvalue weighted by atomic mass is 10.1. The molecule has 0 saturated carbocycles. The van der Waals surface area contributed by atoms with E-state index in [1.54, 1.807) is 30.5 Å². The van der Waals surface area contributed by atoms with Gasteiger partial charge in [0.25, 0.3) is 5.91 Å². The third-order valence-electron chi connectivity index (χ3n) is 3.37. The average molecular weight is 289 g/mol. The highest BCUT2D eigenvalue weighted by Gasteiger charge is 2.03. The Kier molecular flexibility index (Phi) is 3.83. The molecule has 4 heteroatoms. The molecule has 0 aliphatic rings. The summed E-state index contributed by atoms with van der Waals surface area (Å²) in [5, 5.41) is 6.26. The zero-order valence-electron chi connectivity index (χ0n) is 11.9. The van der Waals surface area contributed by atoms with E-state index in [0.29, 0.717) is 11.3 Å². The lowest BCUT2D eigenvalue weighted by Crippen LogP contribution is -2.17. The number of hydrogen-bond donors (Lipinski definition) is 2. The summed E-state index contributed by atoms with van der Waals surface area (Å²) in [5.74, 6) is -0.267. The fourth-order valence-electron chi connectivity index (χ4n) is 2.22. The number of carbonyl (C=O) groups excluding carboxylic acids is 1. The van der Waals surface area contributed by atoms with Crippen LogP contribution in [-0.4, -0.2) is 12.1 Å². The number of hydrazone groups is 1. The molecule has 0 aliphatic heterocycles. The Hall–Kier alpha value is -3.14. The Labute approximate surface area is 128 Å². The number of fused-ring (bicyclic) bond motifs is 1. The fourth-order valence-corrected chi connectivity index (χ4v) is 2.22. The lowest BCUT2D eigenvalue weighted by Gasteiger charge is -2.02. The molecule has 1 amide bonds. The Morgan fingerprint density at radius 2 is 1.68 bits per heavy atom. The number of nitrogens with zero attached hydrogens (tertiary/aromatic N) is 1. The second kappa shape index (κ2) is 6.10. The maximum atomic E-state index is 11.9. The van der Waals surface area contributed by atoms with E-state index in [-0.39, 0.29) is 5.91 Å². The van der Waals surface area contributed by atoms with E-state index in [4.69, 9.17) is 5.73 Å². The summed E-state index contributed by atoms with van der Waals surface area (Å²) in [6.45, 7) is 0. The van der Waals surface area contributed by atoms with Crippen LogP contribution in [0.15, 0.2) is 71.8 Å². The third-order valence-corrected chi connectivity index (χ3v) is 3.37. The lowest BCUT2D eigenvalue weighted by molar-refractivity contribution is 0.0955. The van der Waals surface area contributed by atoms with Crippen molar-refractivity contribution in [3.63, 3.8) is 0 Å². The number of rotatable bonds is 3. The van der Waals surface area contributed by atoms with E-state index < -0.39 is 0 Å². The van der Waals surface area contributed by atoms with Gasteiger partial charge in [0.05, 0.1) is 6.21 Å². The van der Waals surface area contributed by atoms with Gasteiger partial charge in [0.1, 0.15) is 0 Å². The quantitative estimate of drug-likeness (QED) is 0.442. The average Bonchev–Trinajstić information content (AvgIpc) is 2.55. The zero-order chi connectivity index (χ0) is 15.4. The molecule has 0 saturated heterocycles. The summed E-state index contributed by atoms with van der Waals surface area (Å²) in [5.41, 5.74) is 10.2. The predicted molar refractivity (Wildman–Crippen MR) is 89.9 cm³/mol. The highest BCUT2D eigenvalue weighted by atomic mass is 16.2. The van der Waals surface area contributed by atoms with E-state index in [1.165, 1.54) is 0 Å². The standard InChI is InChI=1S/C18H15N3O/c19-16-10-8-14(9-11-16)18(22)21-20-12-15-6-3-5-13-4-1-2-7-17(13)15/h1-12H,19H2,(H,21,22). The van der Waals surface area contributed by atoms with E-state index in [2.05, 4.69) is 10.5 Å². The SMILES string of the molecule is Nc1ccc(C(=O)NN=Cc2cccc3ccccc23)cc1. The minimum absolute atomic E-state index is 0.267. The van der Waals surface area contributed by atoms with Gasteiger partial charge in [-0.2, -0.15) is 5.10 Å². The Balaban J connectivity index is 1.76. The van der Waals surface area contributed by atoms with Crippen LogP contribution in [0.2, 0.25) is 0 Å². The van der Waals surface area contributed by atoms with Gasteiger partial charge >= 0.3 is 0 Å². The number of nitrogen functional groups attached to an aromatic ring is 1. The Morgan fingerprint density at radius 3 is 2.50 bits per heavy atom. The molecule has 3 aromatic rings. The van der Waals surface area contributed by atoms with Crippen molar-refractivity contribution < 1.29 is 4.79 Å². The van der Waals surface area contributed by atoms with E-state index in [0.717, 1.165) is 16.3 Å². The minimum Gasteiger partial charge on any atom is -0.399 e. The summed E-state index contributed by atoms with van der Waals surface area (Å²) in [4.78, 5) is 11.9. The molecule has 0 heterocycles. The molecule has 0 radical (unpaired) electrons. The summed E-state index contributed by atoms with van der Waals surface area (Å²) in [6, 6.07) is 20.7. The molecule has 4 nitrogen and oxygen atoms in total. The van der Waals surface area contributed by atoms with Gasteiger partial charge in [0, 0.05) is 16.8 Å². The van der Waals surface area contributed by atoms with Crippen molar-refractivity contribution in [2.45, 2.75) is 0 Å². The Morgan fingerprint density at radius 1 is 0.955 bits per heavy atom. The van der Waals surface area contributed by atoms with Crippen molar-refractivity contribution in [1.29, 1.82) is 0 Å². The summed E-state index contributed by atoms with van der Waals surface area (Å²) >= 11 is 0. The summed E-state index contributed by atoms with van der Waals surface area (Å²) in [6.07, 6.45) is 1.65. The van der Waals surface area contributed by atoms with Crippen molar-refractivity contribution in [2.24, 2.45) is 5.10 Å². The van der Waals surface area contributed by atoms with Crippen molar-refractivity contribution >= 4 is 28.6 Å². The topological polar surface area (TPSA) is 67.5 Å². The molecule has 22 heavy (non-hydrogen) atoms. The van der Waals surface area contributed by atoms with Crippen LogP contribution in [0.25, 0.3) is 10.8 Å². The second-order valence-corrected chi connectivity index (χ2v) is 4.89. The molecule has 3 aromatic carbocycles. The first-order valence-corrected chi connectivity index (χ1v) is 6.91. The molecule has 0 spiro atoms. The number of anilines is 1. The van der Waals surface area contributed by atoms with E-state index in [9.17, 15) is 4.79 Å². The van der Waals surface area contributed by atoms with Crippen molar-refractivity contribution in [1.82, 2.24) is 5.43 Å². The molecule has 0 bridgehead atoms. The third kappa shape index (κ3) is 2.96. The highest BCUT2D eigenvalue weighted by molar-refractivity contribution is 6.00. The molecular formula is C18H15N3O. The van der Waals surface area contributed by atoms with Gasteiger partial charge in [-0.3, -0.25) is 4.79 Å².